The molecular weight excluding hydrogens is 406 g/mol. The summed E-state index contributed by atoms with van der Waals surface area (Å²) in [6, 6.07) is 9.75. The lowest BCUT2D eigenvalue weighted by Crippen LogP contribution is -2.49. The molecule has 0 aliphatic heterocycles. The number of likely N-dealkylation sites (N-methyl/N-ethyl adjacent to an activating group) is 1. The lowest BCUT2D eigenvalue weighted by Gasteiger charge is -2.30. The minimum atomic E-state index is -0.688. The first kappa shape index (κ1) is 22.0. The number of amides is 2. The Balaban J connectivity index is 2.19. The van der Waals surface area contributed by atoms with Gasteiger partial charge in [-0.05, 0) is 42.3 Å². The van der Waals surface area contributed by atoms with E-state index in [1.807, 2.05) is 6.92 Å². The summed E-state index contributed by atoms with van der Waals surface area (Å²) in [6.07, 6.45) is 0.411. The van der Waals surface area contributed by atoms with Crippen LogP contribution in [0.5, 0.6) is 5.75 Å². The van der Waals surface area contributed by atoms with Crippen LogP contribution in [0.2, 0.25) is 10.0 Å². The molecule has 0 bridgehead atoms. The van der Waals surface area contributed by atoms with E-state index in [-0.39, 0.29) is 29.9 Å². The lowest BCUT2D eigenvalue weighted by molar-refractivity contribution is -0.142. The molecular formula is C20H21Cl2FN2O3. The molecule has 2 aromatic rings. The zero-order chi connectivity index (χ0) is 20.7. The molecule has 0 unspecified atom stereocenters. The zero-order valence-electron chi connectivity index (χ0n) is 15.5. The van der Waals surface area contributed by atoms with E-state index in [0.29, 0.717) is 22.8 Å². The van der Waals surface area contributed by atoms with Crippen molar-refractivity contribution in [2.75, 3.05) is 13.7 Å². The highest BCUT2D eigenvalue weighted by atomic mass is 35.5. The van der Waals surface area contributed by atoms with Gasteiger partial charge in [-0.3, -0.25) is 9.59 Å². The van der Waals surface area contributed by atoms with E-state index >= 15 is 0 Å². The van der Waals surface area contributed by atoms with E-state index in [9.17, 15) is 14.0 Å². The van der Waals surface area contributed by atoms with Crippen molar-refractivity contribution in [1.82, 2.24) is 10.2 Å². The molecule has 0 radical (unpaired) electrons. The quantitative estimate of drug-likeness (QED) is 0.691. The van der Waals surface area contributed by atoms with Crippen LogP contribution in [0.15, 0.2) is 42.5 Å². The van der Waals surface area contributed by atoms with E-state index in [1.165, 1.54) is 30.1 Å². The molecule has 0 aromatic heterocycles. The third-order valence-electron chi connectivity index (χ3n) is 4.14. The van der Waals surface area contributed by atoms with Crippen LogP contribution in [0.3, 0.4) is 0 Å². The van der Waals surface area contributed by atoms with Crippen LogP contribution in [0.1, 0.15) is 18.9 Å². The van der Waals surface area contributed by atoms with E-state index in [1.54, 1.807) is 24.3 Å². The van der Waals surface area contributed by atoms with Crippen LogP contribution >= 0.6 is 23.2 Å². The molecule has 2 rings (SSSR count). The molecule has 150 valence electrons. The van der Waals surface area contributed by atoms with Crippen LogP contribution in [-0.4, -0.2) is 36.4 Å². The number of halogens is 3. The summed E-state index contributed by atoms with van der Waals surface area (Å²) >= 11 is 11.9. The predicted molar refractivity (Wildman–Crippen MR) is 107 cm³/mol. The minimum absolute atomic E-state index is 0.142. The second-order valence-corrected chi connectivity index (χ2v) is 6.89. The molecule has 1 atom stereocenters. The Morgan fingerprint density at radius 3 is 2.43 bits per heavy atom. The van der Waals surface area contributed by atoms with Gasteiger partial charge in [-0.15, -0.1) is 0 Å². The van der Waals surface area contributed by atoms with Crippen LogP contribution in [0.4, 0.5) is 4.39 Å². The van der Waals surface area contributed by atoms with Gasteiger partial charge in [-0.25, -0.2) is 4.39 Å². The van der Waals surface area contributed by atoms with E-state index in [4.69, 9.17) is 27.9 Å². The first-order valence-electron chi connectivity index (χ1n) is 8.69. The molecule has 0 aliphatic rings. The van der Waals surface area contributed by atoms with Gasteiger partial charge in [0, 0.05) is 18.6 Å². The Hall–Kier alpha value is -2.31. The molecule has 2 aromatic carbocycles. The fraction of sp³-hybridized carbons (Fsp3) is 0.300. The second-order valence-electron chi connectivity index (χ2n) is 6.05. The van der Waals surface area contributed by atoms with Crippen molar-refractivity contribution >= 4 is 35.0 Å². The van der Waals surface area contributed by atoms with Gasteiger partial charge < -0.3 is 15.0 Å². The highest BCUT2D eigenvalue weighted by molar-refractivity contribution is 6.35. The normalized spacial score (nSPS) is 11.6. The van der Waals surface area contributed by atoms with Crippen molar-refractivity contribution in [3.8, 4) is 5.75 Å². The Morgan fingerprint density at radius 2 is 1.86 bits per heavy atom. The summed E-state index contributed by atoms with van der Waals surface area (Å²) in [5.41, 5.74) is 0.696. The SMILES string of the molecule is CC[C@@H](C(=O)NC)N(Cc1ccc(F)cc1)C(=O)COc1ccc(Cl)cc1Cl. The molecule has 1 N–H and O–H groups in total. The number of rotatable bonds is 8. The van der Waals surface area contributed by atoms with Gasteiger partial charge in [-0.1, -0.05) is 42.3 Å². The Bertz CT molecular complexity index is 831. The highest BCUT2D eigenvalue weighted by Gasteiger charge is 2.28. The van der Waals surface area contributed by atoms with Crippen molar-refractivity contribution in [3.63, 3.8) is 0 Å². The number of hydrogen-bond acceptors (Lipinski definition) is 3. The summed E-state index contributed by atoms with van der Waals surface area (Å²) in [6.45, 7) is 1.64. The van der Waals surface area contributed by atoms with Crippen LogP contribution in [0, 0.1) is 5.82 Å². The molecule has 0 aliphatic carbocycles. The summed E-state index contributed by atoms with van der Waals surface area (Å²) in [7, 11) is 1.51. The van der Waals surface area contributed by atoms with Crippen LogP contribution in [-0.2, 0) is 16.1 Å². The molecule has 0 fully saturated rings. The fourth-order valence-electron chi connectivity index (χ4n) is 2.69. The molecule has 0 saturated heterocycles. The predicted octanol–water partition coefficient (Wildman–Crippen LogP) is 4.06. The lowest BCUT2D eigenvalue weighted by atomic mass is 10.1. The standard InChI is InChI=1S/C20H21Cl2FN2O3/c1-3-17(20(27)24-2)25(11-13-4-7-15(23)8-5-13)19(26)12-28-18-9-6-14(21)10-16(18)22/h4-10,17H,3,11-12H2,1-2H3,(H,24,27)/t17-/m0/s1. The number of carbonyl (C=O) groups excluding carboxylic acids is 2. The largest absolute Gasteiger partial charge is 0.482 e. The molecule has 0 heterocycles. The van der Waals surface area contributed by atoms with Crippen molar-refractivity contribution in [1.29, 1.82) is 0 Å². The van der Waals surface area contributed by atoms with Crippen molar-refractivity contribution in [3.05, 3.63) is 63.9 Å². The highest BCUT2D eigenvalue weighted by Crippen LogP contribution is 2.27. The monoisotopic (exact) mass is 426 g/mol. The fourth-order valence-corrected chi connectivity index (χ4v) is 3.15. The van der Waals surface area contributed by atoms with Crippen molar-refractivity contribution < 1.29 is 18.7 Å². The minimum Gasteiger partial charge on any atom is -0.482 e. The Labute approximate surface area is 173 Å². The topological polar surface area (TPSA) is 58.6 Å². The number of ether oxygens (including phenoxy) is 1. The third kappa shape index (κ3) is 5.84. The summed E-state index contributed by atoms with van der Waals surface area (Å²) in [4.78, 5) is 26.5. The van der Waals surface area contributed by atoms with Gasteiger partial charge >= 0.3 is 0 Å². The summed E-state index contributed by atoms with van der Waals surface area (Å²) < 4.78 is 18.7. The summed E-state index contributed by atoms with van der Waals surface area (Å²) in [5.74, 6) is -0.747. The smallest absolute Gasteiger partial charge is 0.261 e. The van der Waals surface area contributed by atoms with Crippen LogP contribution in [0.25, 0.3) is 0 Å². The van der Waals surface area contributed by atoms with Gasteiger partial charge in [0.1, 0.15) is 17.6 Å². The van der Waals surface area contributed by atoms with E-state index in [0.717, 1.165) is 0 Å². The molecule has 0 saturated carbocycles. The maximum Gasteiger partial charge on any atom is 0.261 e. The second kappa shape index (κ2) is 10.3. The van der Waals surface area contributed by atoms with Gasteiger partial charge in [-0.2, -0.15) is 0 Å². The number of nitrogens with one attached hydrogen (secondary N) is 1. The van der Waals surface area contributed by atoms with Gasteiger partial charge in [0.15, 0.2) is 6.61 Å². The Kier molecular flexibility index (Phi) is 8.08. The van der Waals surface area contributed by atoms with Crippen LogP contribution < -0.4 is 10.1 Å². The van der Waals surface area contributed by atoms with E-state index in [2.05, 4.69) is 5.32 Å². The maximum absolute atomic E-state index is 13.2. The number of carbonyl (C=O) groups is 2. The first-order valence-corrected chi connectivity index (χ1v) is 9.44. The number of hydrogen-bond donors (Lipinski definition) is 1. The number of nitrogens with zero attached hydrogens (tertiary/aromatic N) is 1. The van der Waals surface area contributed by atoms with Gasteiger partial charge in [0.25, 0.3) is 5.91 Å². The van der Waals surface area contributed by atoms with Crippen molar-refractivity contribution in [2.45, 2.75) is 25.9 Å². The summed E-state index contributed by atoms with van der Waals surface area (Å²) in [5, 5.41) is 3.30. The molecule has 8 heteroatoms. The average molecular weight is 427 g/mol. The van der Waals surface area contributed by atoms with Gasteiger partial charge in [0.2, 0.25) is 5.91 Å². The molecule has 5 nitrogen and oxygen atoms in total. The molecule has 0 spiro atoms. The van der Waals surface area contributed by atoms with E-state index < -0.39 is 11.9 Å². The first-order chi connectivity index (χ1) is 13.3. The van der Waals surface area contributed by atoms with Crippen molar-refractivity contribution in [2.24, 2.45) is 0 Å². The molecule has 2 amide bonds. The average Bonchev–Trinajstić information content (AvgIpc) is 2.68. The molecule has 28 heavy (non-hydrogen) atoms. The third-order valence-corrected chi connectivity index (χ3v) is 4.67. The zero-order valence-corrected chi connectivity index (χ0v) is 17.1. The van der Waals surface area contributed by atoms with Gasteiger partial charge in [0.05, 0.1) is 5.02 Å². The Morgan fingerprint density at radius 1 is 1.18 bits per heavy atom. The number of benzene rings is 2. The maximum atomic E-state index is 13.2.